The van der Waals surface area contributed by atoms with Gasteiger partial charge in [0.25, 0.3) is 0 Å². The molecule has 1 rings (SSSR count). The predicted octanol–water partition coefficient (Wildman–Crippen LogP) is 4.55. The molecule has 0 saturated carbocycles. The predicted molar refractivity (Wildman–Crippen MR) is 75.6 cm³/mol. The standard InChI is InChI=1S/C10H12N2.2C2H6/c1-2-12-8-9-6-4-3-5-7-10(9)11;2*1-2/h2,4-8,11H,3H2,1H3;2*1-2H3/b9-8-,11-10?,12-2?;;. The van der Waals surface area contributed by atoms with E-state index in [9.17, 15) is 0 Å². The third-order valence-electron chi connectivity index (χ3n) is 1.53. The van der Waals surface area contributed by atoms with Crippen molar-refractivity contribution in [3.8, 4) is 0 Å². The fourth-order valence-electron chi connectivity index (χ4n) is 0.913. The maximum absolute atomic E-state index is 7.58. The second kappa shape index (κ2) is 13.6. The minimum absolute atomic E-state index is 0.523. The lowest BCUT2D eigenvalue weighted by Crippen LogP contribution is -1.92. The Balaban J connectivity index is 0. The van der Waals surface area contributed by atoms with E-state index in [0.29, 0.717) is 5.71 Å². The molecular weight excluding hydrogens is 196 g/mol. The summed E-state index contributed by atoms with van der Waals surface area (Å²) in [7, 11) is 0. The van der Waals surface area contributed by atoms with Crippen LogP contribution in [0.25, 0.3) is 0 Å². The van der Waals surface area contributed by atoms with Crippen LogP contribution in [-0.4, -0.2) is 11.9 Å². The van der Waals surface area contributed by atoms with Gasteiger partial charge in [0.15, 0.2) is 0 Å². The van der Waals surface area contributed by atoms with Crippen LogP contribution in [0.4, 0.5) is 0 Å². The van der Waals surface area contributed by atoms with Gasteiger partial charge in [0.2, 0.25) is 0 Å². The van der Waals surface area contributed by atoms with E-state index in [-0.39, 0.29) is 0 Å². The molecule has 0 aliphatic heterocycles. The third kappa shape index (κ3) is 7.92. The van der Waals surface area contributed by atoms with Crippen molar-refractivity contribution in [2.75, 3.05) is 0 Å². The quantitative estimate of drug-likeness (QED) is 0.629. The lowest BCUT2D eigenvalue weighted by molar-refractivity contribution is 1.40. The van der Waals surface area contributed by atoms with Crippen molar-refractivity contribution >= 4 is 11.9 Å². The molecule has 2 heteroatoms. The van der Waals surface area contributed by atoms with E-state index in [4.69, 9.17) is 5.41 Å². The lowest BCUT2D eigenvalue weighted by Gasteiger charge is -1.94. The van der Waals surface area contributed by atoms with Crippen LogP contribution in [0, 0.1) is 5.41 Å². The molecule has 90 valence electrons. The normalized spacial score (nSPS) is 16.3. The number of hydrogen-bond donors (Lipinski definition) is 1. The molecule has 0 amide bonds. The van der Waals surface area contributed by atoms with Crippen LogP contribution in [0.2, 0.25) is 0 Å². The van der Waals surface area contributed by atoms with Crippen LogP contribution in [0.15, 0.2) is 41.1 Å². The number of nitrogens with zero attached hydrogens (tertiary/aromatic N) is 1. The summed E-state index contributed by atoms with van der Waals surface area (Å²) >= 11 is 0. The van der Waals surface area contributed by atoms with Gasteiger partial charge in [-0.25, -0.2) is 0 Å². The van der Waals surface area contributed by atoms with E-state index in [1.165, 1.54) is 0 Å². The number of rotatable bonds is 1. The lowest BCUT2D eigenvalue weighted by atomic mass is 10.2. The first-order valence-electron chi connectivity index (χ1n) is 5.94. The van der Waals surface area contributed by atoms with E-state index in [1.807, 2.05) is 52.8 Å². The molecule has 1 N–H and O–H groups in total. The number of aliphatic imine (C=N–C) groups is 1. The molecule has 0 spiro atoms. The molecule has 0 saturated heterocycles. The van der Waals surface area contributed by atoms with Gasteiger partial charge in [0, 0.05) is 18.0 Å². The molecule has 1 aliphatic carbocycles. The molecule has 0 heterocycles. The first-order valence-corrected chi connectivity index (χ1v) is 5.94. The highest BCUT2D eigenvalue weighted by atomic mass is 14.7. The van der Waals surface area contributed by atoms with Gasteiger partial charge in [0.05, 0.1) is 5.71 Å². The van der Waals surface area contributed by atoms with Gasteiger partial charge in [0.1, 0.15) is 0 Å². The maximum Gasteiger partial charge on any atom is 0.0624 e. The molecule has 2 nitrogen and oxygen atoms in total. The molecule has 0 aromatic heterocycles. The van der Waals surface area contributed by atoms with E-state index < -0.39 is 0 Å². The van der Waals surface area contributed by atoms with Gasteiger partial charge in [-0.15, -0.1) is 0 Å². The van der Waals surface area contributed by atoms with E-state index >= 15 is 0 Å². The van der Waals surface area contributed by atoms with Crippen LogP contribution in [0.5, 0.6) is 0 Å². The number of hydrogen-bond acceptors (Lipinski definition) is 2. The van der Waals surface area contributed by atoms with Crippen LogP contribution < -0.4 is 0 Å². The van der Waals surface area contributed by atoms with Crippen molar-refractivity contribution in [2.45, 2.75) is 41.0 Å². The van der Waals surface area contributed by atoms with Crippen molar-refractivity contribution < 1.29 is 0 Å². The molecule has 0 aromatic rings. The molecule has 16 heavy (non-hydrogen) atoms. The van der Waals surface area contributed by atoms with E-state index in [2.05, 4.69) is 4.99 Å². The fraction of sp³-hybridized carbons (Fsp3) is 0.429. The van der Waals surface area contributed by atoms with Gasteiger partial charge in [-0.1, -0.05) is 45.9 Å². The first-order chi connectivity index (χ1) is 7.84. The summed E-state index contributed by atoms with van der Waals surface area (Å²) < 4.78 is 0. The highest BCUT2D eigenvalue weighted by Crippen LogP contribution is 2.06. The highest BCUT2D eigenvalue weighted by Gasteiger charge is 1.98. The average Bonchev–Trinajstić information content (AvgIpc) is 2.57. The van der Waals surface area contributed by atoms with Crippen LogP contribution >= 0.6 is 0 Å². The molecular formula is C14H24N2. The van der Waals surface area contributed by atoms with Gasteiger partial charge in [-0.2, -0.15) is 0 Å². The van der Waals surface area contributed by atoms with Crippen LogP contribution in [0.1, 0.15) is 41.0 Å². The SMILES string of the molecule is CC.CC.CC=N/C=C1/C=CCC=CC1=N. The van der Waals surface area contributed by atoms with Crippen molar-refractivity contribution in [1.82, 2.24) is 0 Å². The first kappa shape index (κ1) is 17.0. The minimum atomic E-state index is 0.523. The molecule has 0 aromatic carbocycles. The molecule has 0 unspecified atom stereocenters. The topological polar surface area (TPSA) is 36.2 Å². The Labute approximate surface area is 100 Å². The zero-order chi connectivity index (χ0) is 12.8. The summed E-state index contributed by atoms with van der Waals surface area (Å²) in [6.45, 7) is 9.86. The Morgan fingerprint density at radius 1 is 1.12 bits per heavy atom. The molecule has 0 atom stereocenters. The molecule has 0 radical (unpaired) electrons. The van der Waals surface area contributed by atoms with Crippen molar-refractivity contribution in [3.05, 3.63) is 36.1 Å². The largest absolute Gasteiger partial charge is 0.300 e. The summed E-state index contributed by atoms with van der Waals surface area (Å²) in [4.78, 5) is 3.97. The second-order valence-electron chi connectivity index (χ2n) is 2.45. The summed E-state index contributed by atoms with van der Waals surface area (Å²) in [5, 5.41) is 7.58. The van der Waals surface area contributed by atoms with Gasteiger partial charge in [-0.3, -0.25) is 4.99 Å². The summed E-state index contributed by atoms with van der Waals surface area (Å²) in [6, 6.07) is 0. The molecule has 0 fully saturated rings. The maximum atomic E-state index is 7.58. The second-order valence-corrected chi connectivity index (χ2v) is 2.45. The smallest absolute Gasteiger partial charge is 0.0624 e. The Morgan fingerprint density at radius 2 is 1.69 bits per heavy atom. The monoisotopic (exact) mass is 220 g/mol. The van der Waals surface area contributed by atoms with Crippen molar-refractivity contribution in [2.24, 2.45) is 4.99 Å². The Kier molecular flexibility index (Phi) is 14.4. The Morgan fingerprint density at radius 3 is 2.25 bits per heavy atom. The zero-order valence-electron chi connectivity index (χ0n) is 11.1. The summed E-state index contributed by atoms with van der Waals surface area (Å²) in [5.74, 6) is 0. The van der Waals surface area contributed by atoms with Gasteiger partial charge in [-0.05, 0) is 19.4 Å². The van der Waals surface area contributed by atoms with Crippen molar-refractivity contribution in [1.29, 1.82) is 5.41 Å². The Bertz CT molecular complexity index is 281. The van der Waals surface area contributed by atoms with E-state index in [0.717, 1.165) is 12.0 Å². The van der Waals surface area contributed by atoms with Crippen LogP contribution in [0.3, 0.4) is 0 Å². The third-order valence-corrected chi connectivity index (χ3v) is 1.53. The average molecular weight is 220 g/mol. The molecule has 1 aliphatic rings. The van der Waals surface area contributed by atoms with E-state index in [1.54, 1.807) is 18.5 Å². The van der Waals surface area contributed by atoms with Crippen molar-refractivity contribution in [3.63, 3.8) is 0 Å². The summed E-state index contributed by atoms with van der Waals surface area (Å²) in [6.07, 6.45) is 12.0. The van der Waals surface area contributed by atoms with Crippen LogP contribution in [-0.2, 0) is 0 Å². The number of nitrogens with one attached hydrogen (secondary N) is 1. The highest BCUT2D eigenvalue weighted by molar-refractivity contribution is 6.08. The summed E-state index contributed by atoms with van der Waals surface area (Å²) in [5.41, 5.74) is 1.39. The van der Waals surface area contributed by atoms with Gasteiger partial charge < -0.3 is 5.41 Å². The zero-order valence-corrected chi connectivity index (χ0v) is 11.1. The minimum Gasteiger partial charge on any atom is -0.300 e. The Hall–Kier alpha value is -1.44. The molecule has 0 bridgehead atoms. The fourth-order valence-corrected chi connectivity index (χ4v) is 0.913. The number of allylic oxidation sites excluding steroid dienone is 5. The van der Waals surface area contributed by atoms with Gasteiger partial charge >= 0.3 is 0 Å².